The van der Waals surface area contributed by atoms with Crippen LogP contribution in [0.3, 0.4) is 0 Å². The summed E-state index contributed by atoms with van der Waals surface area (Å²) in [6.07, 6.45) is 3.89. The highest BCUT2D eigenvalue weighted by Gasteiger charge is 2.37. The minimum absolute atomic E-state index is 0.0368. The number of nitrogens with zero attached hydrogens (tertiary/aromatic N) is 3. The van der Waals surface area contributed by atoms with Gasteiger partial charge in [-0.2, -0.15) is 5.10 Å². The standard InChI is InChI=1S/C15H24N4O2/c1-10-13(14(21-3)18(2)17-10)7-16-15(20)19-8-11-5-4-6-12(11)9-19/h11-12H,4-9H2,1-3H3,(H,16,20)/t11-,12+. The van der Waals surface area contributed by atoms with E-state index in [0.29, 0.717) is 12.4 Å². The predicted octanol–water partition coefficient (Wildman–Crippen LogP) is 1.68. The Balaban J connectivity index is 1.59. The number of ether oxygens (including phenoxy) is 1. The number of carbonyl (C=O) groups is 1. The summed E-state index contributed by atoms with van der Waals surface area (Å²) in [4.78, 5) is 14.3. The molecule has 0 aromatic carbocycles. The van der Waals surface area contributed by atoms with Crippen molar-refractivity contribution in [2.45, 2.75) is 32.7 Å². The quantitative estimate of drug-likeness (QED) is 0.922. The van der Waals surface area contributed by atoms with Crippen molar-refractivity contribution in [3.63, 3.8) is 0 Å². The Bertz CT molecular complexity index is 528. The van der Waals surface area contributed by atoms with Gasteiger partial charge in [-0.3, -0.25) is 0 Å². The molecule has 1 aromatic heterocycles. The number of aromatic nitrogens is 2. The maximum Gasteiger partial charge on any atom is 0.317 e. The first kappa shape index (κ1) is 14.2. The van der Waals surface area contributed by atoms with Crippen LogP contribution in [0.1, 0.15) is 30.5 Å². The molecular weight excluding hydrogens is 268 g/mol. The number of fused-ring (bicyclic) bond motifs is 1. The molecule has 0 bridgehead atoms. The van der Waals surface area contributed by atoms with E-state index in [0.717, 1.165) is 36.2 Å². The summed E-state index contributed by atoms with van der Waals surface area (Å²) in [5.41, 5.74) is 1.85. The average molecular weight is 292 g/mol. The van der Waals surface area contributed by atoms with E-state index in [1.807, 2.05) is 18.9 Å². The second-order valence-electron chi connectivity index (χ2n) is 6.21. The highest BCUT2D eigenvalue weighted by atomic mass is 16.5. The molecular formula is C15H24N4O2. The van der Waals surface area contributed by atoms with Crippen molar-refractivity contribution in [1.29, 1.82) is 0 Å². The summed E-state index contributed by atoms with van der Waals surface area (Å²) in [5, 5.41) is 7.34. The van der Waals surface area contributed by atoms with E-state index in [1.54, 1.807) is 11.8 Å². The Morgan fingerprint density at radius 1 is 1.38 bits per heavy atom. The highest BCUT2D eigenvalue weighted by Crippen LogP contribution is 2.37. The zero-order valence-electron chi connectivity index (χ0n) is 13.1. The third-order valence-corrected chi connectivity index (χ3v) is 4.91. The lowest BCUT2D eigenvalue weighted by Crippen LogP contribution is -2.38. The number of methoxy groups -OCH3 is 1. The van der Waals surface area contributed by atoms with Crippen LogP contribution in [0.2, 0.25) is 0 Å². The Hall–Kier alpha value is -1.72. The Morgan fingerprint density at radius 2 is 2.05 bits per heavy atom. The lowest BCUT2D eigenvalue weighted by Gasteiger charge is -2.18. The third kappa shape index (κ3) is 2.59. The predicted molar refractivity (Wildman–Crippen MR) is 79.1 cm³/mol. The van der Waals surface area contributed by atoms with E-state index in [1.165, 1.54) is 19.3 Å². The number of hydrogen-bond donors (Lipinski definition) is 1. The largest absolute Gasteiger partial charge is 0.481 e. The summed E-state index contributed by atoms with van der Waals surface area (Å²) >= 11 is 0. The highest BCUT2D eigenvalue weighted by molar-refractivity contribution is 5.74. The zero-order chi connectivity index (χ0) is 15.0. The van der Waals surface area contributed by atoms with Crippen LogP contribution in [-0.4, -0.2) is 40.9 Å². The number of aryl methyl sites for hydroxylation is 2. The molecule has 1 aromatic rings. The maximum atomic E-state index is 12.3. The maximum absolute atomic E-state index is 12.3. The molecule has 21 heavy (non-hydrogen) atoms. The summed E-state index contributed by atoms with van der Waals surface area (Å²) < 4.78 is 7.06. The number of hydrogen-bond acceptors (Lipinski definition) is 3. The van der Waals surface area contributed by atoms with Gasteiger partial charge in [-0.15, -0.1) is 0 Å². The molecule has 1 saturated carbocycles. The van der Waals surface area contributed by atoms with Gasteiger partial charge >= 0.3 is 6.03 Å². The van der Waals surface area contributed by atoms with Gasteiger partial charge in [0.05, 0.1) is 24.9 Å². The molecule has 2 atom stereocenters. The second kappa shape index (κ2) is 5.58. The van der Waals surface area contributed by atoms with Crippen molar-refractivity contribution >= 4 is 6.03 Å². The van der Waals surface area contributed by atoms with Crippen molar-refractivity contribution in [2.75, 3.05) is 20.2 Å². The fraction of sp³-hybridized carbons (Fsp3) is 0.733. The first-order valence-electron chi connectivity index (χ1n) is 7.69. The molecule has 6 nitrogen and oxygen atoms in total. The smallest absolute Gasteiger partial charge is 0.317 e. The van der Waals surface area contributed by atoms with Crippen molar-refractivity contribution in [3.8, 4) is 5.88 Å². The van der Waals surface area contributed by atoms with Crippen LogP contribution in [0, 0.1) is 18.8 Å². The van der Waals surface area contributed by atoms with Gasteiger partial charge in [0.1, 0.15) is 0 Å². The minimum Gasteiger partial charge on any atom is -0.481 e. The van der Waals surface area contributed by atoms with Crippen LogP contribution in [0.25, 0.3) is 0 Å². The molecule has 1 aliphatic heterocycles. The normalized spacial score (nSPS) is 24.2. The molecule has 0 unspecified atom stereocenters. The number of likely N-dealkylation sites (tertiary alicyclic amines) is 1. The summed E-state index contributed by atoms with van der Waals surface area (Å²) in [5.74, 6) is 2.17. The molecule has 2 amide bonds. The molecule has 1 aliphatic carbocycles. The lowest BCUT2D eigenvalue weighted by molar-refractivity contribution is 0.204. The van der Waals surface area contributed by atoms with Crippen LogP contribution in [0.15, 0.2) is 0 Å². The van der Waals surface area contributed by atoms with Crippen LogP contribution < -0.4 is 10.1 Å². The topological polar surface area (TPSA) is 59.4 Å². The van der Waals surface area contributed by atoms with Crippen LogP contribution in [0.4, 0.5) is 4.79 Å². The monoisotopic (exact) mass is 292 g/mol. The number of urea groups is 1. The minimum atomic E-state index is 0.0368. The van der Waals surface area contributed by atoms with Gasteiger partial charge in [0.25, 0.3) is 0 Å². The SMILES string of the molecule is COc1c(CNC(=O)N2C[C@H]3CCC[C@H]3C2)c(C)nn1C. The number of carbonyl (C=O) groups excluding carboxylic acids is 1. The van der Waals surface area contributed by atoms with Crippen molar-refractivity contribution in [2.24, 2.45) is 18.9 Å². The molecule has 3 rings (SSSR count). The summed E-state index contributed by atoms with van der Waals surface area (Å²) in [6, 6.07) is 0.0368. The van der Waals surface area contributed by atoms with Gasteiger partial charge in [-0.25, -0.2) is 9.48 Å². The van der Waals surface area contributed by atoms with Gasteiger partial charge in [0, 0.05) is 20.1 Å². The molecule has 2 aliphatic rings. The Kier molecular flexibility index (Phi) is 3.78. The molecule has 2 heterocycles. The van der Waals surface area contributed by atoms with E-state index in [-0.39, 0.29) is 6.03 Å². The van der Waals surface area contributed by atoms with Gasteiger partial charge in [0.15, 0.2) is 0 Å². The molecule has 6 heteroatoms. The number of amides is 2. The Labute approximate surface area is 125 Å². The summed E-state index contributed by atoms with van der Waals surface area (Å²) in [7, 11) is 3.47. The van der Waals surface area contributed by atoms with Crippen LogP contribution in [0.5, 0.6) is 5.88 Å². The zero-order valence-corrected chi connectivity index (χ0v) is 13.1. The van der Waals surface area contributed by atoms with E-state index in [9.17, 15) is 4.79 Å². The molecule has 1 saturated heterocycles. The third-order valence-electron chi connectivity index (χ3n) is 4.91. The van der Waals surface area contributed by atoms with Gasteiger partial charge in [-0.1, -0.05) is 6.42 Å². The molecule has 116 valence electrons. The second-order valence-corrected chi connectivity index (χ2v) is 6.21. The van der Waals surface area contributed by atoms with Gasteiger partial charge in [0.2, 0.25) is 5.88 Å². The van der Waals surface area contributed by atoms with E-state index < -0.39 is 0 Å². The fourth-order valence-electron chi connectivity index (χ4n) is 3.82. The van der Waals surface area contributed by atoms with Crippen molar-refractivity contribution in [3.05, 3.63) is 11.3 Å². The lowest BCUT2D eigenvalue weighted by atomic mass is 10.0. The first-order valence-corrected chi connectivity index (χ1v) is 7.69. The van der Waals surface area contributed by atoms with Crippen LogP contribution >= 0.6 is 0 Å². The molecule has 2 fully saturated rings. The molecule has 0 radical (unpaired) electrons. The van der Waals surface area contributed by atoms with E-state index in [4.69, 9.17) is 4.74 Å². The Morgan fingerprint density at radius 3 is 2.67 bits per heavy atom. The van der Waals surface area contributed by atoms with E-state index in [2.05, 4.69) is 10.4 Å². The summed E-state index contributed by atoms with van der Waals surface area (Å²) in [6.45, 7) is 4.23. The van der Waals surface area contributed by atoms with Gasteiger partial charge in [-0.05, 0) is 31.6 Å². The number of rotatable bonds is 3. The fourth-order valence-corrected chi connectivity index (χ4v) is 3.82. The molecule has 1 N–H and O–H groups in total. The average Bonchev–Trinajstić information content (AvgIpc) is 3.09. The number of nitrogens with one attached hydrogen (secondary N) is 1. The first-order chi connectivity index (χ1) is 10.1. The van der Waals surface area contributed by atoms with Crippen molar-refractivity contribution < 1.29 is 9.53 Å². The molecule has 0 spiro atoms. The van der Waals surface area contributed by atoms with Crippen molar-refractivity contribution in [1.82, 2.24) is 20.0 Å². The van der Waals surface area contributed by atoms with Gasteiger partial charge < -0.3 is 15.0 Å². The van der Waals surface area contributed by atoms with E-state index >= 15 is 0 Å². The van der Waals surface area contributed by atoms with Crippen LogP contribution in [-0.2, 0) is 13.6 Å².